The minimum Gasteiger partial charge on any atom is -0.360 e. The molecule has 7 nitrogen and oxygen atoms in total. The van der Waals surface area contributed by atoms with Crippen molar-refractivity contribution in [1.29, 1.82) is 0 Å². The van der Waals surface area contributed by atoms with E-state index in [2.05, 4.69) is 36.5 Å². The van der Waals surface area contributed by atoms with E-state index in [0.717, 1.165) is 32.1 Å². The fourth-order valence-electron chi connectivity index (χ4n) is 5.89. The summed E-state index contributed by atoms with van der Waals surface area (Å²) in [5.41, 5.74) is -0.421. The molecule has 2 heterocycles. The van der Waals surface area contributed by atoms with Crippen molar-refractivity contribution in [2.24, 2.45) is 17.3 Å². The van der Waals surface area contributed by atoms with Crippen LogP contribution in [0.25, 0.3) is 0 Å². The van der Waals surface area contributed by atoms with Gasteiger partial charge >= 0.3 is 0 Å². The van der Waals surface area contributed by atoms with Gasteiger partial charge in [-0.1, -0.05) is 5.16 Å². The van der Waals surface area contributed by atoms with Crippen LogP contribution in [0.2, 0.25) is 0 Å². The van der Waals surface area contributed by atoms with E-state index >= 15 is 0 Å². The first-order chi connectivity index (χ1) is 12.0. The first-order valence-electron chi connectivity index (χ1n) is 8.79. The lowest BCUT2D eigenvalue weighted by Crippen LogP contribution is -2.60. The van der Waals surface area contributed by atoms with Gasteiger partial charge in [0.15, 0.2) is 5.82 Å². The van der Waals surface area contributed by atoms with E-state index in [9.17, 15) is 4.79 Å². The van der Waals surface area contributed by atoms with Crippen LogP contribution in [-0.4, -0.2) is 25.8 Å². The Balaban J connectivity index is 1.48. The maximum absolute atomic E-state index is 13.2. The third-order valence-corrected chi connectivity index (χ3v) is 6.69. The quantitative estimate of drug-likeness (QED) is 0.846. The Morgan fingerprint density at radius 3 is 2.72 bits per heavy atom. The fraction of sp³-hybridized carbons (Fsp3) is 0.647. The molecule has 8 heteroatoms. The molecule has 0 aliphatic heterocycles. The Labute approximate surface area is 153 Å². The van der Waals surface area contributed by atoms with Crippen LogP contribution >= 0.6 is 15.9 Å². The highest BCUT2D eigenvalue weighted by Gasteiger charge is 2.61. The Morgan fingerprint density at radius 2 is 2.12 bits per heavy atom. The van der Waals surface area contributed by atoms with Crippen LogP contribution in [0.5, 0.6) is 0 Å². The van der Waals surface area contributed by atoms with Crippen molar-refractivity contribution in [2.75, 3.05) is 5.32 Å². The van der Waals surface area contributed by atoms with Crippen LogP contribution in [0.3, 0.4) is 0 Å². The molecule has 0 saturated heterocycles. The van der Waals surface area contributed by atoms with Crippen molar-refractivity contribution in [3.63, 3.8) is 0 Å². The third-order valence-electron chi connectivity index (χ3n) is 6.33. The van der Waals surface area contributed by atoms with Crippen molar-refractivity contribution in [3.8, 4) is 0 Å². The number of aryl methyl sites for hydroxylation is 1. The summed E-state index contributed by atoms with van der Waals surface area (Å²) in [6.45, 7) is 1.82. The highest BCUT2D eigenvalue weighted by molar-refractivity contribution is 9.10. The molecule has 6 rings (SSSR count). The summed E-state index contributed by atoms with van der Waals surface area (Å²) in [6.07, 6.45) is 7.98. The van der Waals surface area contributed by atoms with Crippen molar-refractivity contribution < 1.29 is 9.32 Å². The van der Waals surface area contributed by atoms with E-state index in [1.165, 1.54) is 6.42 Å². The zero-order valence-electron chi connectivity index (χ0n) is 14.0. The summed E-state index contributed by atoms with van der Waals surface area (Å²) in [5.74, 6) is 2.45. The second-order valence-corrected chi connectivity index (χ2v) is 8.91. The van der Waals surface area contributed by atoms with Crippen LogP contribution in [0.4, 0.5) is 5.82 Å². The maximum atomic E-state index is 13.2. The molecule has 132 valence electrons. The molecule has 4 fully saturated rings. The van der Waals surface area contributed by atoms with E-state index < -0.39 is 0 Å². The van der Waals surface area contributed by atoms with E-state index in [1.54, 1.807) is 6.07 Å². The molecule has 1 amide bonds. The highest BCUT2D eigenvalue weighted by Crippen LogP contribution is 2.64. The third kappa shape index (κ3) is 2.37. The molecule has 4 bridgehead atoms. The van der Waals surface area contributed by atoms with Gasteiger partial charge in [-0.15, -0.1) is 5.10 Å². The SMILES string of the molecule is Cc1cc(NC(=O)C23CC4CC(C2)CC(n2cnc(Br)n2)(C4)C3)no1. The molecular weight excluding hydrogens is 386 g/mol. The smallest absolute Gasteiger partial charge is 0.231 e. The van der Waals surface area contributed by atoms with Gasteiger partial charge in [-0.25, -0.2) is 9.67 Å². The van der Waals surface area contributed by atoms with Gasteiger partial charge in [0.05, 0.1) is 11.0 Å². The summed E-state index contributed by atoms with van der Waals surface area (Å²) < 4.78 is 7.71. The number of nitrogens with one attached hydrogen (secondary N) is 1. The summed E-state index contributed by atoms with van der Waals surface area (Å²) in [7, 11) is 0. The van der Waals surface area contributed by atoms with E-state index in [1.807, 2.05) is 17.9 Å². The fourth-order valence-corrected chi connectivity index (χ4v) is 6.16. The van der Waals surface area contributed by atoms with Crippen LogP contribution in [-0.2, 0) is 10.3 Å². The number of nitrogens with zero attached hydrogens (tertiary/aromatic N) is 4. The molecule has 0 radical (unpaired) electrons. The predicted octanol–water partition coefficient (Wildman–Crippen LogP) is 3.27. The molecule has 2 aromatic rings. The predicted molar refractivity (Wildman–Crippen MR) is 92.7 cm³/mol. The standard InChI is InChI=1S/C17H20BrN5O2/c1-10-2-13(22-25-10)20-14(24)16-4-11-3-12(5-16)7-17(6-11,8-16)23-9-19-15(18)21-23/h2,9,11-12H,3-8H2,1H3,(H,20,22,24). The van der Waals surface area contributed by atoms with Gasteiger partial charge < -0.3 is 9.84 Å². The van der Waals surface area contributed by atoms with E-state index in [0.29, 0.717) is 28.1 Å². The molecular formula is C17H20BrN5O2. The second kappa shape index (κ2) is 5.16. The number of hydrogen-bond acceptors (Lipinski definition) is 5. The van der Waals surface area contributed by atoms with Gasteiger partial charge in [0, 0.05) is 6.07 Å². The summed E-state index contributed by atoms with van der Waals surface area (Å²) in [6, 6.07) is 1.77. The largest absolute Gasteiger partial charge is 0.360 e. The highest BCUT2D eigenvalue weighted by atomic mass is 79.9. The van der Waals surface area contributed by atoms with E-state index in [4.69, 9.17) is 4.52 Å². The normalized spacial score (nSPS) is 35.9. The van der Waals surface area contributed by atoms with Crippen molar-refractivity contribution in [3.05, 3.63) is 22.9 Å². The van der Waals surface area contributed by atoms with Crippen LogP contribution < -0.4 is 5.32 Å². The number of hydrogen-bond donors (Lipinski definition) is 1. The minimum absolute atomic E-state index is 0.0819. The lowest BCUT2D eigenvalue weighted by molar-refractivity contribution is -0.150. The summed E-state index contributed by atoms with van der Waals surface area (Å²) in [5, 5.41) is 11.5. The summed E-state index contributed by atoms with van der Waals surface area (Å²) >= 11 is 3.36. The minimum atomic E-state index is -0.338. The summed E-state index contributed by atoms with van der Waals surface area (Å²) in [4.78, 5) is 17.5. The van der Waals surface area contributed by atoms with Gasteiger partial charge in [-0.05, 0) is 73.2 Å². The second-order valence-electron chi connectivity index (χ2n) is 8.20. The number of carbonyl (C=O) groups is 1. The number of rotatable bonds is 3. The number of amides is 1. The van der Waals surface area contributed by atoms with Crippen molar-refractivity contribution in [2.45, 2.75) is 51.0 Å². The molecule has 2 unspecified atom stereocenters. The number of halogens is 1. The van der Waals surface area contributed by atoms with Gasteiger partial charge in [0.2, 0.25) is 10.6 Å². The molecule has 25 heavy (non-hydrogen) atoms. The molecule has 2 atom stereocenters. The lowest BCUT2D eigenvalue weighted by atomic mass is 9.46. The van der Waals surface area contributed by atoms with Gasteiger partial charge in [-0.2, -0.15) is 0 Å². The average Bonchev–Trinajstić information content (AvgIpc) is 3.15. The van der Waals surface area contributed by atoms with Crippen LogP contribution in [0, 0.1) is 24.2 Å². The van der Waals surface area contributed by atoms with Crippen LogP contribution in [0.15, 0.2) is 21.7 Å². The first kappa shape index (κ1) is 15.5. The molecule has 0 aromatic carbocycles. The van der Waals surface area contributed by atoms with Crippen LogP contribution in [0.1, 0.15) is 44.3 Å². The van der Waals surface area contributed by atoms with Gasteiger partial charge in [0.25, 0.3) is 0 Å². The Kier molecular flexibility index (Phi) is 3.21. The molecule has 1 N–H and O–H groups in total. The maximum Gasteiger partial charge on any atom is 0.231 e. The number of anilines is 1. The molecule has 4 saturated carbocycles. The van der Waals surface area contributed by atoms with Crippen molar-refractivity contribution in [1.82, 2.24) is 19.9 Å². The van der Waals surface area contributed by atoms with E-state index in [-0.39, 0.29) is 16.9 Å². The Hall–Kier alpha value is -1.70. The molecule has 4 aliphatic rings. The van der Waals surface area contributed by atoms with Crippen molar-refractivity contribution >= 4 is 27.7 Å². The number of carbonyl (C=O) groups excluding carboxylic acids is 1. The zero-order valence-corrected chi connectivity index (χ0v) is 15.6. The Morgan fingerprint density at radius 1 is 1.36 bits per heavy atom. The molecule has 4 aliphatic carbocycles. The van der Waals surface area contributed by atoms with Gasteiger partial charge in [0.1, 0.15) is 12.1 Å². The Bertz CT molecular complexity index is 830. The molecule has 2 aromatic heterocycles. The average molecular weight is 406 g/mol. The molecule has 0 spiro atoms. The van der Waals surface area contributed by atoms with Gasteiger partial charge in [-0.3, -0.25) is 4.79 Å². The lowest BCUT2D eigenvalue weighted by Gasteiger charge is -2.60. The monoisotopic (exact) mass is 405 g/mol. The first-order valence-corrected chi connectivity index (χ1v) is 9.58. The zero-order chi connectivity index (χ0) is 17.2. The number of aromatic nitrogens is 4. The topological polar surface area (TPSA) is 85.8 Å².